The summed E-state index contributed by atoms with van der Waals surface area (Å²) >= 11 is 0. The molecule has 80 valence electrons. The molecule has 1 rings (SSSR count). The summed E-state index contributed by atoms with van der Waals surface area (Å²) in [6.07, 6.45) is 0. The van der Waals surface area contributed by atoms with E-state index in [4.69, 9.17) is 0 Å². The molecule has 0 bridgehead atoms. The molecule has 0 saturated carbocycles. The maximum absolute atomic E-state index is 11.8. The summed E-state index contributed by atoms with van der Waals surface area (Å²) in [5, 5.41) is 4.30. The Hall–Kier alpha value is -1.13. The van der Waals surface area contributed by atoms with Crippen LogP contribution in [0.1, 0.15) is 20.8 Å². The third-order valence-electron chi connectivity index (χ3n) is 2.30. The van der Waals surface area contributed by atoms with Crippen molar-refractivity contribution in [2.45, 2.75) is 20.8 Å². The van der Waals surface area contributed by atoms with Crippen molar-refractivity contribution in [3.63, 3.8) is 0 Å². The lowest BCUT2D eigenvalue weighted by molar-refractivity contribution is -0.141. The molecule has 14 heavy (non-hydrogen) atoms. The SMILES string of the molecule is CC(C)(C)C(=O)N1CCN(N=O)CC1. The molecule has 5 nitrogen and oxygen atoms in total. The Morgan fingerprint density at radius 3 is 2.00 bits per heavy atom. The lowest BCUT2D eigenvalue weighted by Crippen LogP contribution is -2.50. The first kappa shape index (κ1) is 10.9. The number of carbonyl (C=O) groups excluding carboxylic acids is 1. The molecule has 1 saturated heterocycles. The molecule has 0 aromatic rings. The van der Waals surface area contributed by atoms with Gasteiger partial charge < -0.3 is 4.90 Å². The molecule has 1 aliphatic heterocycles. The Labute approximate surface area is 84.0 Å². The van der Waals surface area contributed by atoms with Crippen molar-refractivity contribution in [2.24, 2.45) is 10.7 Å². The van der Waals surface area contributed by atoms with Crippen molar-refractivity contribution in [2.75, 3.05) is 26.2 Å². The minimum Gasteiger partial charge on any atom is -0.339 e. The Morgan fingerprint density at radius 2 is 1.64 bits per heavy atom. The summed E-state index contributed by atoms with van der Waals surface area (Å²) in [5.74, 6) is 0.142. The van der Waals surface area contributed by atoms with Gasteiger partial charge in [0.2, 0.25) is 5.91 Å². The van der Waals surface area contributed by atoms with E-state index in [2.05, 4.69) is 5.29 Å². The maximum Gasteiger partial charge on any atom is 0.228 e. The minimum absolute atomic E-state index is 0.142. The zero-order valence-corrected chi connectivity index (χ0v) is 8.99. The number of nitroso groups, excluding NO2 is 1. The van der Waals surface area contributed by atoms with Crippen LogP contribution in [0.4, 0.5) is 0 Å². The van der Waals surface area contributed by atoms with Gasteiger partial charge >= 0.3 is 0 Å². The van der Waals surface area contributed by atoms with Gasteiger partial charge in [0.1, 0.15) is 0 Å². The molecular weight excluding hydrogens is 182 g/mol. The third-order valence-corrected chi connectivity index (χ3v) is 2.30. The Balaban J connectivity index is 2.50. The molecule has 1 fully saturated rings. The van der Waals surface area contributed by atoms with Crippen LogP contribution in [0.25, 0.3) is 0 Å². The molecule has 1 aliphatic rings. The topological polar surface area (TPSA) is 53.0 Å². The van der Waals surface area contributed by atoms with E-state index in [1.807, 2.05) is 20.8 Å². The molecule has 1 heterocycles. The zero-order valence-electron chi connectivity index (χ0n) is 8.99. The van der Waals surface area contributed by atoms with Crippen molar-refractivity contribution in [3.8, 4) is 0 Å². The molecule has 0 aromatic heterocycles. The number of carbonyl (C=O) groups is 1. The number of hydrogen-bond acceptors (Lipinski definition) is 3. The summed E-state index contributed by atoms with van der Waals surface area (Å²) in [5.41, 5.74) is -0.337. The minimum atomic E-state index is -0.337. The molecule has 0 aliphatic carbocycles. The monoisotopic (exact) mass is 199 g/mol. The summed E-state index contributed by atoms with van der Waals surface area (Å²) in [6.45, 7) is 8.00. The first-order valence-electron chi connectivity index (χ1n) is 4.83. The number of nitrogens with zero attached hydrogens (tertiary/aromatic N) is 3. The standard InChI is InChI=1S/C9H17N3O2/c1-9(2,3)8(13)11-4-6-12(10-14)7-5-11/h4-7H2,1-3H3. The first-order chi connectivity index (χ1) is 6.45. The van der Waals surface area contributed by atoms with Gasteiger partial charge in [-0.25, -0.2) is 0 Å². The summed E-state index contributed by atoms with van der Waals surface area (Å²) < 4.78 is 0. The zero-order chi connectivity index (χ0) is 10.8. The van der Waals surface area contributed by atoms with Crippen LogP contribution in [0.2, 0.25) is 0 Å². The average Bonchev–Trinajstić information content (AvgIpc) is 2.15. The van der Waals surface area contributed by atoms with Crippen LogP contribution in [0.15, 0.2) is 5.29 Å². The van der Waals surface area contributed by atoms with Gasteiger partial charge in [-0.1, -0.05) is 20.8 Å². The van der Waals surface area contributed by atoms with E-state index in [9.17, 15) is 9.70 Å². The number of hydrogen-bond donors (Lipinski definition) is 0. The van der Waals surface area contributed by atoms with Gasteiger partial charge in [0.15, 0.2) is 0 Å². The first-order valence-corrected chi connectivity index (χ1v) is 4.83. The van der Waals surface area contributed by atoms with Gasteiger partial charge in [-0.05, 0) is 0 Å². The second-order valence-corrected chi connectivity index (χ2v) is 4.58. The smallest absolute Gasteiger partial charge is 0.228 e. The quantitative estimate of drug-likeness (QED) is 0.588. The van der Waals surface area contributed by atoms with Crippen LogP contribution in [0.3, 0.4) is 0 Å². The maximum atomic E-state index is 11.8. The highest BCUT2D eigenvalue weighted by molar-refractivity contribution is 5.81. The number of rotatable bonds is 1. The highest BCUT2D eigenvalue weighted by atomic mass is 16.3. The van der Waals surface area contributed by atoms with Gasteiger partial charge in [-0.3, -0.25) is 9.80 Å². The normalized spacial score (nSPS) is 18.2. The van der Waals surface area contributed by atoms with Gasteiger partial charge in [0.05, 0.1) is 18.4 Å². The molecular formula is C9H17N3O2. The fraction of sp³-hybridized carbons (Fsp3) is 0.889. The largest absolute Gasteiger partial charge is 0.339 e. The fourth-order valence-electron chi connectivity index (χ4n) is 1.45. The molecule has 0 unspecified atom stereocenters. The van der Waals surface area contributed by atoms with E-state index in [1.54, 1.807) is 4.90 Å². The van der Waals surface area contributed by atoms with Gasteiger partial charge in [-0.2, -0.15) is 0 Å². The van der Waals surface area contributed by atoms with Crippen molar-refractivity contribution in [1.29, 1.82) is 0 Å². The molecule has 1 amide bonds. The van der Waals surface area contributed by atoms with Crippen molar-refractivity contribution in [3.05, 3.63) is 4.91 Å². The summed E-state index contributed by atoms with van der Waals surface area (Å²) in [6, 6.07) is 0. The van der Waals surface area contributed by atoms with Crippen LogP contribution < -0.4 is 0 Å². The van der Waals surface area contributed by atoms with Gasteiger partial charge in [0, 0.05) is 18.5 Å². The average molecular weight is 199 g/mol. The van der Waals surface area contributed by atoms with Crippen LogP contribution in [-0.4, -0.2) is 42.0 Å². The molecule has 0 spiro atoms. The second-order valence-electron chi connectivity index (χ2n) is 4.58. The third kappa shape index (κ3) is 2.43. The van der Waals surface area contributed by atoms with Crippen LogP contribution in [-0.2, 0) is 4.79 Å². The predicted octanol–water partition coefficient (Wildman–Crippen LogP) is 0.858. The molecule has 0 N–H and O–H groups in total. The number of piperazine rings is 1. The molecule has 0 atom stereocenters. The molecule has 0 radical (unpaired) electrons. The van der Waals surface area contributed by atoms with Crippen molar-refractivity contribution < 1.29 is 4.79 Å². The van der Waals surface area contributed by atoms with Crippen LogP contribution in [0.5, 0.6) is 0 Å². The Morgan fingerprint density at radius 1 is 1.14 bits per heavy atom. The van der Waals surface area contributed by atoms with Gasteiger partial charge in [-0.15, -0.1) is 4.91 Å². The van der Waals surface area contributed by atoms with Crippen molar-refractivity contribution >= 4 is 5.91 Å². The highest BCUT2D eigenvalue weighted by Crippen LogP contribution is 2.18. The Bertz CT molecular complexity index is 227. The van der Waals surface area contributed by atoms with E-state index in [-0.39, 0.29) is 11.3 Å². The summed E-state index contributed by atoms with van der Waals surface area (Å²) in [4.78, 5) is 23.8. The Kier molecular flexibility index (Phi) is 3.08. The number of amides is 1. The van der Waals surface area contributed by atoms with Crippen LogP contribution >= 0.6 is 0 Å². The summed E-state index contributed by atoms with van der Waals surface area (Å²) in [7, 11) is 0. The van der Waals surface area contributed by atoms with Gasteiger partial charge in [0.25, 0.3) is 0 Å². The lowest BCUT2D eigenvalue weighted by Gasteiger charge is -2.35. The van der Waals surface area contributed by atoms with E-state index in [0.29, 0.717) is 26.2 Å². The van der Waals surface area contributed by atoms with Crippen LogP contribution in [0, 0.1) is 10.3 Å². The fourth-order valence-corrected chi connectivity index (χ4v) is 1.45. The predicted molar refractivity (Wildman–Crippen MR) is 53.4 cm³/mol. The van der Waals surface area contributed by atoms with Crippen molar-refractivity contribution in [1.82, 2.24) is 9.91 Å². The lowest BCUT2D eigenvalue weighted by atomic mass is 9.94. The second kappa shape index (κ2) is 3.94. The van der Waals surface area contributed by atoms with E-state index in [1.165, 1.54) is 5.01 Å². The molecule has 0 aromatic carbocycles. The van der Waals surface area contributed by atoms with E-state index < -0.39 is 0 Å². The van der Waals surface area contributed by atoms with E-state index in [0.717, 1.165) is 0 Å². The van der Waals surface area contributed by atoms with E-state index >= 15 is 0 Å². The molecule has 5 heteroatoms. The highest BCUT2D eigenvalue weighted by Gasteiger charge is 2.29.